The van der Waals surface area contributed by atoms with E-state index in [1.807, 2.05) is 0 Å². The van der Waals surface area contributed by atoms with E-state index in [1.165, 1.54) is 5.56 Å². The van der Waals surface area contributed by atoms with Crippen molar-refractivity contribution in [2.24, 2.45) is 0 Å². The van der Waals surface area contributed by atoms with E-state index in [0.29, 0.717) is 12.0 Å². The molecule has 0 radical (unpaired) electrons. The molecule has 0 spiro atoms. The Morgan fingerprint density at radius 2 is 2.00 bits per heavy atom. The van der Waals surface area contributed by atoms with Gasteiger partial charge in [0.05, 0.1) is 0 Å². The van der Waals surface area contributed by atoms with Gasteiger partial charge in [0.1, 0.15) is 6.04 Å². The lowest BCUT2D eigenvalue weighted by Crippen LogP contribution is -2.47. The average molecular weight is 298 g/mol. The maximum Gasteiger partial charge on any atom is 0.320 e. The molecule has 1 atom stereocenters. The summed E-state index contributed by atoms with van der Waals surface area (Å²) in [6, 6.07) is 8.25. The fourth-order valence-electron chi connectivity index (χ4n) is 2.19. The zero-order valence-corrected chi connectivity index (χ0v) is 11.3. The van der Waals surface area contributed by atoms with Gasteiger partial charge < -0.3 is 10.4 Å². The molecule has 0 saturated heterocycles. The summed E-state index contributed by atoms with van der Waals surface area (Å²) in [6.45, 7) is 1.69. The van der Waals surface area contributed by atoms with Crippen LogP contribution in [-0.4, -0.2) is 23.2 Å². The van der Waals surface area contributed by atoms with Crippen molar-refractivity contribution < 1.29 is 9.90 Å². The lowest BCUT2D eigenvalue weighted by Gasteiger charge is -2.37. The van der Waals surface area contributed by atoms with Crippen molar-refractivity contribution in [1.29, 1.82) is 0 Å². The molecule has 1 aliphatic rings. The first-order valence-electron chi connectivity index (χ1n) is 5.80. The molecule has 1 aromatic rings. The predicted octanol–water partition coefficient (Wildman–Crippen LogP) is 2.76. The van der Waals surface area contributed by atoms with E-state index in [0.717, 1.165) is 17.3 Å². The molecular formula is C13H16BrNO2. The van der Waals surface area contributed by atoms with E-state index in [1.54, 1.807) is 6.92 Å². The minimum Gasteiger partial charge on any atom is -0.480 e. The highest BCUT2D eigenvalue weighted by atomic mass is 79.9. The zero-order chi connectivity index (χ0) is 12.4. The van der Waals surface area contributed by atoms with Crippen LogP contribution in [0.25, 0.3) is 0 Å². The minimum absolute atomic E-state index is 0.342. The number of benzene rings is 1. The number of aliphatic carboxylic acids is 1. The van der Waals surface area contributed by atoms with Gasteiger partial charge in [0.25, 0.3) is 0 Å². The van der Waals surface area contributed by atoms with Gasteiger partial charge in [0, 0.05) is 10.5 Å². The Morgan fingerprint density at radius 3 is 2.53 bits per heavy atom. The van der Waals surface area contributed by atoms with Gasteiger partial charge in [-0.3, -0.25) is 4.79 Å². The van der Waals surface area contributed by atoms with Crippen molar-refractivity contribution >= 4 is 21.9 Å². The Morgan fingerprint density at radius 1 is 1.41 bits per heavy atom. The monoisotopic (exact) mass is 297 g/mol. The maximum absolute atomic E-state index is 10.7. The van der Waals surface area contributed by atoms with Crippen LogP contribution in [0, 0.1) is 0 Å². The quantitative estimate of drug-likeness (QED) is 0.898. The van der Waals surface area contributed by atoms with E-state index >= 15 is 0 Å². The molecule has 0 heterocycles. The molecule has 3 nitrogen and oxygen atoms in total. The summed E-state index contributed by atoms with van der Waals surface area (Å²) in [6.07, 6.45) is 2.05. The van der Waals surface area contributed by atoms with Gasteiger partial charge in [0.15, 0.2) is 0 Å². The minimum atomic E-state index is -0.780. The van der Waals surface area contributed by atoms with Crippen LogP contribution >= 0.6 is 15.9 Å². The molecule has 0 bridgehead atoms. The van der Waals surface area contributed by atoms with Crippen molar-refractivity contribution in [3.63, 3.8) is 0 Å². The molecule has 1 fully saturated rings. The van der Waals surface area contributed by atoms with Crippen molar-refractivity contribution in [3.8, 4) is 0 Å². The Kier molecular flexibility index (Phi) is 3.84. The van der Waals surface area contributed by atoms with Crippen LogP contribution in [0.2, 0.25) is 0 Å². The number of hydrogen-bond acceptors (Lipinski definition) is 2. The topological polar surface area (TPSA) is 49.3 Å². The SMILES string of the molecule is CC(NC1CC(c2ccc(Br)cc2)C1)C(=O)O. The van der Waals surface area contributed by atoms with Gasteiger partial charge in [-0.1, -0.05) is 28.1 Å². The molecule has 1 saturated carbocycles. The summed E-state index contributed by atoms with van der Waals surface area (Å²) >= 11 is 3.42. The average Bonchev–Trinajstić information content (AvgIpc) is 2.24. The summed E-state index contributed by atoms with van der Waals surface area (Å²) < 4.78 is 1.09. The van der Waals surface area contributed by atoms with Crippen LogP contribution in [-0.2, 0) is 4.79 Å². The molecule has 1 aliphatic carbocycles. The number of carbonyl (C=O) groups is 1. The summed E-state index contributed by atoms with van der Waals surface area (Å²) in [5.41, 5.74) is 1.34. The highest BCUT2D eigenvalue weighted by molar-refractivity contribution is 9.10. The Labute approximate surface area is 109 Å². The highest BCUT2D eigenvalue weighted by Gasteiger charge is 2.31. The molecule has 17 heavy (non-hydrogen) atoms. The van der Waals surface area contributed by atoms with Crippen LogP contribution in [0.5, 0.6) is 0 Å². The lowest BCUT2D eigenvalue weighted by molar-refractivity contribution is -0.139. The second-order valence-electron chi connectivity index (χ2n) is 4.64. The number of nitrogens with one attached hydrogen (secondary N) is 1. The number of carboxylic acid groups (broad SMARTS) is 1. The summed E-state index contributed by atoms with van der Waals surface area (Å²) in [5.74, 6) is -0.210. The van der Waals surface area contributed by atoms with Crippen molar-refractivity contribution in [2.75, 3.05) is 0 Å². The van der Waals surface area contributed by atoms with E-state index in [2.05, 4.69) is 45.5 Å². The smallest absolute Gasteiger partial charge is 0.320 e. The summed E-state index contributed by atoms with van der Waals surface area (Å²) in [7, 11) is 0. The summed E-state index contributed by atoms with van der Waals surface area (Å²) in [5, 5.41) is 11.9. The predicted molar refractivity (Wildman–Crippen MR) is 70.1 cm³/mol. The van der Waals surface area contributed by atoms with E-state index in [-0.39, 0.29) is 0 Å². The van der Waals surface area contributed by atoms with E-state index in [9.17, 15) is 4.79 Å². The second kappa shape index (κ2) is 5.19. The fourth-order valence-corrected chi connectivity index (χ4v) is 2.45. The molecule has 92 valence electrons. The van der Waals surface area contributed by atoms with Gasteiger partial charge in [-0.25, -0.2) is 0 Å². The van der Waals surface area contributed by atoms with E-state index < -0.39 is 12.0 Å². The number of carboxylic acids is 1. The lowest BCUT2D eigenvalue weighted by atomic mass is 9.75. The normalized spacial score (nSPS) is 25.1. The summed E-state index contributed by atoms with van der Waals surface area (Å²) in [4.78, 5) is 10.7. The first-order valence-corrected chi connectivity index (χ1v) is 6.60. The zero-order valence-electron chi connectivity index (χ0n) is 9.69. The van der Waals surface area contributed by atoms with Crippen LogP contribution in [0.3, 0.4) is 0 Å². The maximum atomic E-state index is 10.7. The van der Waals surface area contributed by atoms with Gasteiger partial charge in [-0.05, 0) is 43.4 Å². The first-order chi connectivity index (χ1) is 8.06. The van der Waals surface area contributed by atoms with Crippen LogP contribution in [0.4, 0.5) is 0 Å². The van der Waals surface area contributed by atoms with Gasteiger partial charge in [-0.2, -0.15) is 0 Å². The van der Waals surface area contributed by atoms with E-state index in [4.69, 9.17) is 5.11 Å². The molecule has 1 aromatic carbocycles. The molecule has 2 N–H and O–H groups in total. The van der Waals surface area contributed by atoms with Gasteiger partial charge in [0.2, 0.25) is 0 Å². The van der Waals surface area contributed by atoms with Gasteiger partial charge in [-0.15, -0.1) is 0 Å². The van der Waals surface area contributed by atoms with Crippen molar-refractivity contribution in [1.82, 2.24) is 5.32 Å². The Balaban J connectivity index is 1.83. The van der Waals surface area contributed by atoms with Crippen LogP contribution in [0.1, 0.15) is 31.2 Å². The molecule has 0 amide bonds. The highest BCUT2D eigenvalue weighted by Crippen LogP contribution is 2.37. The third-order valence-electron chi connectivity index (χ3n) is 3.34. The second-order valence-corrected chi connectivity index (χ2v) is 5.56. The van der Waals surface area contributed by atoms with Crippen LogP contribution < -0.4 is 5.32 Å². The van der Waals surface area contributed by atoms with Gasteiger partial charge >= 0.3 is 5.97 Å². The first kappa shape index (κ1) is 12.6. The van der Waals surface area contributed by atoms with Crippen molar-refractivity contribution in [3.05, 3.63) is 34.3 Å². The molecule has 2 rings (SSSR count). The molecule has 1 unspecified atom stereocenters. The molecule has 0 aliphatic heterocycles. The fraction of sp³-hybridized carbons (Fsp3) is 0.462. The number of rotatable bonds is 4. The largest absolute Gasteiger partial charge is 0.480 e. The number of hydrogen-bond donors (Lipinski definition) is 2. The Hall–Kier alpha value is -0.870. The standard InChI is InChI=1S/C13H16BrNO2/c1-8(13(16)17)15-12-6-10(7-12)9-2-4-11(14)5-3-9/h2-5,8,10,12,15H,6-7H2,1H3,(H,16,17). The van der Waals surface area contributed by atoms with Crippen molar-refractivity contribution in [2.45, 2.75) is 37.8 Å². The Bertz CT molecular complexity index is 398. The molecule has 4 heteroatoms. The third kappa shape index (κ3) is 3.07. The number of halogens is 1. The third-order valence-corrected chi connectivity index (χ3v) is 3.86. The van der Waals surface area contributed by atoms with Crippen LogP contribution in [0.15, 0.2) is 28.7 Å². The molecular weight excluding hydrogens is 282 g/mol. The molecule has 0 aromatic heterocycles.